The lowest BCUT2D eigenvalue weighted by Gasteiger charge is -2.20. The molecule has 0 spiro atoms. The minimum absolute atomic E-state index is 0.0475. The van der Waals surface area contributed by atoms with E-state index in [1.54, 1.807) is 11.6 Å². The summed E-state index contributed by atoms with van der Waals surface area (Å²) in [6.45, 7) is 9.21. The molecule has 0 aliphatic carbocycles. The van der Waals surface area contributed by atoms with Crippen molar-refractivity contribution >= 4 is 21.8 Å². The third kappa shape index (κ3) is 3.80. The lowest BCUT2D eigenvalue weighted by molar-refractivity contribution is 0.0764. The van der Waals surface area contributed by atoms with Gasteiger partial charge in [0.15, 0.2) is 5.69 Å². The molecular formula is C19H22BrN5O2. The van der Waals surface area contributed by atoms with Crippen molar-refractivity contribution in [3.63, 3.8) is 0 Å². The smallest absolute Gasteiger partial charge is 0.269 e. The van der Waals surface area contributed by atoms with Gasteiger partial charge in [-0.3, -0.25) is 4.79 Å². The molecule has 27 heavy (non-hydrogen) atoms. The zero-order chi connectivity index (χ0) is 19.6. The maximum absolute atomic E-state index is 12.6. The maximum Gasteiger partial charge on any atom is 0.269 e. The van der Waals surface area contributed by atoms with Crippen LogP contribution >= 0.6 is 15.9 Å². The van der Waals surface area contributed by atoms with Crippen molar-refractivity contribution in [1.29, 1.82) is 0 Å². The fourth-order valence-corrected chi connectivity index (χ4v) is 3.28. The fourth-order valence-electron chi connectivity index (χ4n) is 2.86. The third-order valence-corrected chi connectivity index (χ3v) is 5.24. The molecule has 3 aromatic rings. The molecule has 0 unspecified atom stereocenters. The van der Waals surface area contributed by atoms with Gasteiger partial charge in [-0.25, -0.2) is 4.68 Å². The Bertz CT molecular complexity index is 946. The van der Waals surface area contributed by atoms with Crippen molar-refractivity contribution in [3.8, 4) is 17.3 Å². The van der Waals surface area contributed by atoms with Crippen LogP contribution in [0.3, 0.4) is 0 Å². The number of carbonyl (C=O) groups excluding carboxylic acids is 1. The Morgan fingerprint density at radius 3 is 2.44 bits per heavy atom. The van der Waals surface area contributed by atoms with Gasteiger partial charge in [-0.1, -0.05) is 6.92 Å². The molecule has 0 N–H and O–H groups in total. The summed E-state index contributed by atoms with van der Waals surface area (Å²) < 4.78 is 8.07. The van der Waals surface area contributed by atoms with Gasteiger partial charge in [-0.05, 0) is 60.5 Å². The highest BCUT2D eigenvalue weighted by atomic mass is 79.9. The first-order chi connectivity index (χ1) is 13.0. The zero-order valence-electron chi connectivity index (χ0n) is 15.9. The van der Waals surface area contributed by atoms with E-state index in [4.69, 9.17) is 4.42 Å². The summed E-state index contributed by atoms with van der Waals surface area (Å²) in [6, 6.07) is 7.45. The highest BCUT2D eigenvalue weighted by molar-refractivity contribution is 9.10. The topological polar surface area (TPSA) is 77.1 Å². The predicted molar refractivity (Wildman–Crippen MR) is 106 cm³/mol. The van der Waals surface area contributed by atoms with Crippen molar-refractivity contribution in [2.45, 2.75) is 34.1 Å². The Morgan fingerprint density at radius 2 is 1.89 bits per heavy atom. The molecule has 0 aliphatic rings. The van der Waals surface area contributed by atoms with E-state index < -0.39 is 0 Å². The first-order valence-electron chi connectivity index (χ1n) is 8.91. The van der Waals surface area contributed by atoms with Crippen molar-refractivity contribution in [2.24, 2.45) is 0 Å². The number of carbonyl (C=O) groups is 1. The summed E-state index contributed by atoms with van der Waals surface area (Å²) in [5.41, 5.74) is 3.02. The van der Waals surface area contributed by atoms with Crippen LogP contribution in [-0.4, -0.2) is 43.9 Å². The summed E-state index contributed by atoms with van der Waals surface area (Å²) in [5, 5.41) is 12.5. The van der Waals surface area contributed by atoms with Gasteiger partial charge in [-0.15, -0.1) is 10.2 Å². The standard InChI is InChI=1S/C19H22BrN5O2/c1-5-11-24(6-2)19(26)14-7-9-15(10-8-14)25-12(3)16(20)17(23-25)18-22-21-13(4)27-18/h7-10H,5-6,11H2,1-4H3. The van der Waals surface area contributed by atoms with Gasteiger partial charge in [0.1, 0.15) is 0 Å². The molecule has 1 amide bonds. The van der Waals surface area contributed by atoms with E-state index in [1.165, 1.54) is 0 Å². The molecule has 0 aliphatic heterocycles. The van der Waals surface area contributed by atoms with Gasteiger partial charge < -0.3 is 9.32 Å². The summed E-state index contributed by atoms with van der Waals surface area (Å²) in [5.74, 6) is 0.900. The second-order valence-electron chi connectivity index (χ2n) is 6.22. The minimum Gasteiger partial charge on any atom is -0.420 e. The molecule has 0 fully saturated rings. The first kappa shape index (κ1) is 19.3. The van der Waals surface area contributed by atoms with Crippen LogP contribution in [0.25, 0.3) is 17.3 Å². The quantitative estimate of drug-likeness (QED) is 0.584. The van der Waals surface area contributed by atoms with E-state index in [0.29, 0.717) is 29.6 Å². The number of aromatic nitrogens is 4. The van der Waals surface area contributed by atoms with Crippen LogP contribution in [-0.2, 0) is 0 Å². The summed E-state index contributed by atoms with van der Waals surface area (Å²) in [4.78, 5) is 14.4. The number of aryl methyl sites for hydroxylation is 1. The number of hydrogen-bond donors (Lipinski definition) is 0. The van der Waals surface area contributed by atoms with E-state index in [9.17, 15) is 4.79 Å². The number of halogens is 1. The molecule has 0 atom stereocenters. The molecule has 1 aromatic carbocycles. The molecular weight excluding hydrogens is 410 g/mol. The molecule has 8 heteroatoms. The lowest BCUT2D eigenvalue weighted by atomic mass is 10.1. The van der Waals surface area contributed by atoms with Crippen LogP contribution < -0.4 is 0 Å². The third-order valence-electron chi connectivity index (χ3n) is 4.29. The summed E-state index contributed by atoms with van der Waals surface area (Å²) in [6.07, 6.45) is 0.941. The summed E-state index contributed by atoms with van der Waals surface area (Å²) in [7, 11) is 0. The lowest BCUT2D eigenvalue weighted by Crippen LogP contribution is -2.31. The monoisotopic (exact) mass is 431 g/mol. The Balaban J connectivity index is 1.91. The minimum atomic E-state index is 0.0475. The molecule has 0 radical (unpaired) electrons. The van der Waals surface area contributed by atoms with Gasteiger partial charge >= 0.3 is 0 Å². The van der Waals surface area contributed by atoms with Crippen LogP contribution in [0.15, 0.2) is 33.2 Å². The second kappa shape index (κ2) is 8.04. The van der Waals surface area contributed by atoms with Crippen molar-refractivity contribution in [3.05, 3.63) is 45.9 Å². The van der Waals surface area contributed by atoms with Gasteiger partial charge in [-0.2, -0.15) is 5.10 Å². The van der Waals surface area contributed by atoms with Crippen molar-refractivity contribution in [2.75, 3.05) is 13.1 Å². The van der Waals surface area contributed by atoms with Gasteiger partial charge in [0.05, 0.1) is 15.9 Å². The average Bonchev–Trinajstić information content (AvgIpc) is 3.23. The number of amides is 1. The molecule has 0 saturated carbocycles. The molecule has 142 valence electrons. The number of rotatable bonds is 6. The highest BCUT2D eigenvalue weighted by Crippen LogP contribution is 2.30. The van der Waals surface area contributed by atoms with Gasteiger partial charge in [0, 0.05) is 25.6 Å². The first-order valence-corrected chi connectivity index (χ1v) is 9.70. The Labute approximate surface area is 166 Å². The largest absolute Gasteiger partial charge is 0.420 e. The molecule has 7 nitrogen and oxygen atoms in total. The highest BCUT2D eigenvalue weighted by Gasteiger charge is 2.20. The predicted octanol–water partition coefficient (Wildman–Crippen LogP) is 4.17. The van der Waals surface area contributed by atoms with E-state index in [-0.39, 0.29) is 5.91 Å². The molecule has 0 bridgehead atoms. The molecule has 2 aromatic heterocycles. The SMILES string of the molecule is CCCN(CC)C(=O)c1ccc(-n2nc(-c3nnc(C)o3)c(Br)c2C)cc1. The van der Waals surface area contributed by atoms with E-state index in [0.717, 1.165) is 28.8 Å². The Morgan fingerprint density at radius 1 is 1.19 bits per heavy atom. The van der Waals surface area contributed by atoms with Gasteiger partial charge in [0.25, 0.3) is 11.8 Å². The maximum atomic E-state index is 12.6. The zero-order valence-corrected chi connectivity index (χ0v) is 17.4. The van der Waals surface area contributed by atoms with Crippen LogP contribution in [0.5, 0.6) is 0 Å². The molecule has 2 heterocycles. The fraction of sp³-hybridized carbons (Fsp3) is 0.368. The van der Waals surface area contributed by atoms with E-state index >= 15 is 0 Å². The summed E-state index contributed by atoms with van der Waals surface area (Å²) >= 11 is 3.56. The van der Waals surface area contributed by atoms with Crippen LogP contribution in [0.2, 0.25) is 0 Å². The van der Waals surface area contributed by atoms with Crippen LogP contribution in [0, 0.1) is 13.8 Å². The number of nitrogens with zero attached hydrogens (tertiary/aromatic N) is 5. The van der Waals surface area contributed by atoms with E-state index in [1.807, 2.05) is 43.0 Å². The van der Waals surface area contributed by atoms with Crippen LogP contribution in [0.1, 0.15) is 42.2 Å². The second-order valence-corrected chi connectivity index (χ2v) is 7.01. The number of hydrogen-bond acceptors (Lipinski definition) is 5. The van der Waals surface area contributed by atoms with Crippen molar-refractivity contribution in [1.82, 2.24) is 24.9 Å². The normalized spacial score (nSPS) is 11.0. The van der Waals surface area contributed by atoms with Crippen LogP contribution in [0.4, 0.5) is 0 Å². The number of benzene rings is 1. The van der Waals surface area contributed by atoms with Gasteiger partial charge in [0.2, 0.25) is 5.89 Å². The average molecular weight is 432 g/mol. The Hall–Kier alpha value is -2.48. The molecule has 0 saturated heterocycles. The van der Waals surface area contributed by atoms with Crippen molar-refractivity contribution < 1.29 is 9.21 Å². The molecule has 3 rings (SSSR count). The van der Waals surface area contributed by atoms with E-state index in [2.05, 4.69) is 38.1 Å². The Kier molecular flexibility index (Phi) is 5.74.